The van der Waals surface area contributed by atoms with Gasteiger partial charge in [0.1, 0.15) is 29.0 Å². The van der Waals surface area contributed by atoms with Crippen molar-refractivity contribution >= 4 is 17.2 Å². The molecule has 0 atom stereocenters. The molecule has 104 valence electrons. The summed E-state index contributed by atoms with van der Waals surface area (Å²) in [5, 5.41) is 0.831. The molecule has 0 aliphatic carbocycles. The molecule has 0 spiro atoms. The highest BCUT2D eigenvalue weighted by Gasteiger charge is 2.23. The maximum Gasteiger partial charge on any atom is 0.137 e. The molecule has 5 nitrogen and oxygen atoms in total. The van der Waals surface area contributed by atoms with E-state index in [2.05, 4.69) is 9.97 Å². The molecule has 3 heterocycles. The maximum absolute atomic E-state index is 5.99. The third-order valence-electron chi connectivity index (χ3n) is 3.37. The molecule has 0 amide bonds. The fourth-order valence-electron chi connectivity index (χ4n) is 2.36. The lowest BCUT2D eigenvalue weighted by atomic mass is 10.1. The van der Waals surface area contributed by atoms with Crippen LogP contribution in [0.4, 0.5) is 5.82 Å². The molecule has 2 N–H and O–H groups in total. The van der Waals surface area contributed by atoms with Crippen LogP contribution in [0, 0.1) is 6.92 Å². The van der Waals surface area contributed by atoms with Crippen molar-refractivity contribution in [1.82, 2.24) is 15.0 Å². The Labute approximate surface area is 125 Å². The topological polar surface area (TPSA) is 73.9 Å². The average Bonchev–Trinajstić information content (AvgIpc) is 2.91. The smallest absolute Gasteiger partial charge is 0.137 e. The van der Waals surface area contributed by atoms with E-state index in [4.69, 9.17) is 15.5 Å². The number of aromatic nitrogens is 3. The van der Waals surface area contributed by atoms with E-state index in [0.29, 0.717) is 18.2 Å². The van der Waals surface area contributed by atoms with Crippen molar-refractivity contribution in [3.05, 3.63) is 41.2 Å². The third kappa shape index (κ3) is 1.95. The Morgan fingerprint density at radius 1 is 1.19 bits per heavy atom. The second kappa shape index (κ2) is 4.53. The van der Waals surface area contributed by atoms with Gasteiger partial charge in [-0.2, -0.15) is 0 Å². The highest BCUT2D eigenvalue weighted by Crippen LogP contribution is 2.42. The quantitative estimate of drug-likeness (QED) is 0.747. The molecule has 0 bridgehead atoms. The molecule has 1 aromatic carbocycles. The molecule has 1 aliphatic rings. The van der Waals surface area contributed by atoms with E-state index in [1.807, 2.05) is 31.2 Å². The normalized spacial score (nSPS) is 12.4. The predicted octanol–water partition coefficient (Wildman–Crippen LogP) is 3.05. The zero-order valence-electron chi connectivity index (χ0n) is 11.3. The number of para-hydroxylation sites is 1. The van der Waals surface area contributed by atoms with Crippen LogP contribution in [0.2, 0.25) is 0 Å². The average molecular weight is 296 g/mol. The van der Waals surface area contributed by atoms with Crippen LogP contribution >= 0.6 is 11.3 Å². The van der Waals surface area contributed by atoms with Gasteiger partial charge in [-0.05, 0) is 19.1 Å². The number of anilines is 1. The Morgan fingerprint density at radius 3 is 2.90 bits per heavy atom. The third-order valence-corrected chi connectivity index (χ3v) is 4.43. The van der Waals surface area contributed by atoms with Gasteiger partial charge >= 0.3 is 0 Å². The van der Waals surface area contributed by atoms with Gasteiger partial charge in [-0.25, -0.2) is 15.0 Å². The summed E-state index contributed by atoms with van der Waals surface area (Å²) in [4.78, 5) is 14.2. The first kappa shape index (κ1) is 12.3. The van der Waals surface area contributed by atoms with Gasteiger partial charge in [-0.15, -0.1) is 11.3 Å². The number of thiazole rings is 1. The van der Waals surface area contributed by atoms with Crippen molar-refractivity contribution in [3.8, 4) is 27.6 Å². The SMILES string of the molecule is Cc1ncc(-c2nc3c(s2)COc2ccccc2-3)c(N)n1. The minimum absolute atomic E-state index is 0.461. The number of rotatable bonds is 1. The minimum atomic E-state index is 0.461. The molecule has 3 aromatic rings. The molecule has 0 fully saturated rings. The van der Waals surface area contributed by atoms with E-state index < -0.39 is 0 Å². The Kier molecular flexibility index (Phi) is 2.65. The van der Waals surface area contributed by atoms with E-state index in [0.717, 1.165) is 32.5 Å². The monoisotopic (exact) mass is 296 g/mol. The van der Waals surface area contributed by atoms with Crippen molar-refractivity contribution in [2.75, 3.05) is 5.73 Å². The lowest BCUT2D eigenvalue weighted by Crippen LogP contribution is -2.02. The van der Waals surface area contributed by atoms with Gasteiger partial charge in [0.25, 0.3) is 0 Å². The fraction of sp³-hybridized carbons (Fsp3) is 0.133. The lowest BCUT2D eigenvalue weighted by molar-refractivity contribution is 0.305. The number of nitrogens with zero attached hydrogens (tertiary/aromatic N) is 3. The summed E-state index contributed by atoms with van der Waals surface area (Å²) in [6.07, 6.45) is 1.73. The van der Waals surface area contributed by atoms with Gasteiger partial charge < -0.3 is 10.5 Å². The van der Waals surface area contributed by atoms with E-state index >= 15 is 0 Å². The van der Waals surface area contributed by atoms with Crippen LogP contribution in [-0.2, 0) is 6.61 Å². The Morgan fingerprint density at radius 2 is 2.05 bits per heavy atom. The van der Waals surface area contributed by atoms with Crippen LogP contribution < -0.4 is 10.5 Å². The standard InChI is InChI=1S/C15H12N4OS/c1-8-17-6-10(14(16)18-8)15-19-13-9-4-2-3-5-11(9)20-7-12(13)21-15/h2-6H,7H2,1H3,(H2,16,17,18). The summed E-state index contributed by atoms with van der Waals surface area (Å²) < 4.78 is 5.76. The number of fused-ring (bicyclic) bond motifs is 3. The zero-order chi connectivity index (χ0) is 14.4. The largest absolute Gasteiger partial charge is 0.487 e. The first-order valence-electron chi connectivity index (χ1n) is 6.54. The molecule has 2 aromatic heterocycles. The Bertz CT molecular complexity index is 843. The first-order chi connectivity index (χ1) is 10.2. The van der Waals surface area contributed by atoms with Crippen molar-refractivity contribution in [2.45, 2.75) is 13.5 Å². The van der Waals surface area contributed by atoms with Gasteiger partial charge in [0.05, 0.1) is 16.1 Å². The van der Waals surface area contributed by atoms with Crippen molar-refractivity contribution in [2.24, 2.45) is 0 Å². The van der Waals surface area contributed by atoms with Crippen LogP contribution in [0.1, 0.15) is 10.7 Å². The fourth-order valence-corrected chi connectivity index (χ4v) is 3.37. The second-order valence-corrected chi connectivity index (χ2v) is 5.88. The van der Waals surface area contributed by atoms with Gasteiger partial charge in [0.2, 0.25) is 0 Å². The van der Waals surface area contributed by atoms with E-state index in [1.165, 1.54) is 0 Å². The molecule has 4 rings (SSSR count). The highest BCUT2D eigenvalue weighted by molar-refractivity contribution is 7.15. The molecular weight excluding hydrogens is 284 g/mol. The van der Waals surface area contributed by atoms with Crippen LogP contribution in [0.3, 0.4) is 0 Å². The molecule has 0 radical (unpaired) electrons. The Hall–Kier alpha value is -2.47. The number of nitrogen functional groups attached to an aromatic ring is 1. The zero-order valence-corrected chi connectivity index (χ0v) is 12.1. The summed E-state index contributed by atoms with van der Waals surface area (Å²) in [6, 6.07) is 7.93. The predicted molar refractivity (Wildman–Crippen MR) is 82.1 cm³/mol. The number of benzene rings is 1. The van der Waals surface area contributed by atoms with Gasteiger partial charge in [-0.3, -0.25) is 0 Å². The van der Waals surface area contributed by atoms with Gasteiger partial charge in [-0.1, -0.05) is 12.1 Å². The molecular formula is C15H12N4OS. The van der Waals surface area contributed by atoms with Crippen LogP contribution in [0.5, 0.6) is 5.75 Å². The first-order valence-corrected chi connectivity index (χ1v) is 7.35. The molecule has 0 saturated heterocycles. The summed E-state index contributed by atoms with van der Waals surface area (Å²) in [6.45, 7) is 2.35. The summed E-state index contributed by atoms with van der Waals surface area (Å²) in [7, 11) is 0. The van der Waals surface area contributed by atoms with Gasteiger partial charge in [0.15, 0.2) is 0 Å². The minimum Gasteiger partial charge on any atom is -0.487 e. The van der Waals surface area contributed by atoms with Crippen molar-refractivity contribution in [1.29, 1.82) is 0 Å². The maximum atomic E-state index is 5.99. The van der Waals surface area contributed by atoms with Crippen molar-refractivity contribution in [3.63, 3.8) is 0 Å². The number of hydrogen-bond donors (Lipinski definition) is 1. The van der Waals surface area contributed by atoms with Gasteiger partial charge in [0, 0.05) is 11.8 Å². The van der Waals surface area contributed by atoms with Crippen LogP contribution in [0.25, 0.3) is 21.8 Å². The summed E-state index contributed by atoms with van der Waals surface area (Å²) in [5.41, 5.74) is 8.76. The summed E-state index contributed by atoms with van der Waals surface area (Å²) in [5.74, 6) is 1.99. The van der Waals surface area contributed by atoms with E-state index in [9.17, 15) is 0 Å². The molecule has 1 aliphatic heterocycles. The Balaban J connectivity index is 1.87. The number of ether oxygens (including phenoxy) is 1. The lowest BCUT2D eigenvalue weighted by Gasteiger charge is -2.15. The van der Waals surface area contributed by atoms with E-state index in [1.54, 1.807) is 17.5 Å². The van der Waals surface area contributed by atoms with Crippen LogP contribution in [0.15, 0.2) is 30.5 Å². The highest BCUT2D eigenvalue weighted by atomic mass is 32.1. The van der Waals surface area contributed by atoms with Crippen molar-refractivity contribution < 1.29 is 4.74 Å². The second-order valence-electron chi connectivity index (χ2n) is 4.79. The van der Waals surface area contributed by atoms with E-state index in [-0.39, 0.29) is 0 Å². The number of hydrogen-bond acceptors (Lipinski definition) is 6. The molecule has 21 heavy (non-hydrogen) atoms. The number of nitrogens with two attached hydrogens (primary N) is 1. The molecule has 6 heteroatoms. The number of aryl methyl sites for hydroxylation is 1. The molecule has 0 unspecified atom stereocenters. The summed E-state index contributed by atoms with van der Waals surface area (Å²) >= 11 is 1.58. The molecule has 0 saturated carbocycles. The van der Waals surface area contributed by atoms with Crippen LogP contribution in [-0.4, -0.2) is 15.0 Å².